The van der Waals surface area contributed by atoms with E-state index in [0.29, 0.717) is 157 Å². The van der Waals surface area contributed by atoms with Crippen molar-refractivity contribution < 1.29 is 61.6 Å². The Morgan fingerprint density at radius 2 is 0.595 bits per heavy atom. The summed E-state index contributed by atoms with van der Waals surface area (Å²) in [7, 11) is 0. The van der Waals surface area contributed by atoms with Gasteiger partial charge in [-0.1, -0.05) is 6.58 Å². The summed E-state index contributed by atoms with van der Waals surface area (Å²) in [6.07, 6.45) is 0. The molecule has 0 bridgehead atoms. The zero-order valence-electron chi connectivity index (χ0n) is 25.4. The van der Waals surface area contributed by atoms with Crippen LogP contribution in [0, 0.1) is 0 Å². The van der Waals surface area contributed by atoms with Gasteiger partial charge in [0.05, 0.1) is 145 Å². The first-order valence-electron chi connectivity index (χ1n) is 14.4. The minimum absolute atomic E-state index is 0.199. The second kappa shape index (κ2) is 36.3. The zero-order chi connectivity index (χ0) is 30.6. The highest BCUT2D eigenvalue weighted by Gasteiger charge is 2.02. The van der Waals surface area contributed by atoms with Gasteiger partial charge < -0.3 is 56.8 Å². The Bertz CT molecular complexity index is 572. The van der Waals surface area contributed by atoms with Crippen LogP contribution in [0.15, 0.2) is 12.2 Å². The summed E-state index contributed by atoms with van der Waals surface area (Å²) in [6, 6.07) is 0. The highest BCUT2D eigenvalue weighted by atomic mass is 35.5. The van der Waals surface area contributed by atoms with E-state index in [1.54, 1.807) is 6.92 Å². The molecule has 0 saturated heterocycles. The molecule has 0 aliphatic carbocycles. The molecule has 0 aromatic rings. The first-order valence-corrected chi connectivity index (χ1v) is 15.0. The molecule has 13 nitrogen and oxygen atoms in total. The third-order valence-electron chi connectivity index (χ3n) is 4.75. The van der Waals surface area contributed by atoms with Crippen LogP contribution in [0.3, 0.4) is 0 Å². The van der Waals surface area contributed by atoms with Crippen molar-refractivity contribution in [1.82, 2.24) is 0 Å². The van der Waals surface area contributed by atoms with Crippen molar-refractivity contribution in [2.24, 2.45) is 0 Å². The summed E-state index contributed by atoms with van der Waals surface area (Å²) in [5.41, 5.74) is 0.370. The third kappa shape index (κ3) is 35.3. The molecule has 0 amide bonds. The predicted octanol–water partition coefficient (Wildman–Crippen LogP) is 1.53. The first-order chi connectivity index (χ1) is 20.7. The van der Waals surface area contributed by atoms with Gasteiger partial charge in [-0.3, -0.25) is 0 Å². The monoisotopic (exact) mass is 632 g/mol. The van der Waals surface area contributed by atoms with Crippen molar-refractivity contribution in [2.45, 2.75) is 6.92 Å². The molecule has 0 N–H and O–H groups in total. The van der Waals surface area contributed by atoms with E-state index < -0.39 is 5.97 Å². The lowest BCUT2D eigenvalue weighted by atomic mass is 10.4. The summed E-state index contributed by atoms with van der Waals surface area (Å²) >= 11 is 5.50. The summed E-state index contributed by atoms with van der Waals surface area (Å²) in [6.45, 7) is 16.1. The molecule has 250 valence electrons. The van der Waals surface area contributed by atoms with E-state index in [1.165, 1.54) is 0 Å². The van der Waals surface area contributed by atoms with Crippen LogP contribution in [0.2, 0.25) is 0 Å². The SMILES string of the molecule is C=C(C)C(=O)OCCOCCOCCOCCOCCOCCOCCOCCOCCOCCOCCOCCCl. The Hall–Kier alpha value is -0.940. The number of hydrogen-bond acceptors (Lipinski definition) is 13. The number of rotatable bonds is 36. The van der Waals surface area contributed by atoms with Gasteiger partial charge >= 0.3 is 5.97 Å². The minimum atomic E-state index is -0.413. The van der Waals surface area contributed by atoms with Crippen molar-refractivity contribution in [3.63, 3.8) is 0 Å². The number of ether oxygens (including phenoxy) is 12. The van der Waals surface area contributed by atoms with Crippen molar-refractivity contribution in [3.8, 4) is 0 Å². The molecule has 0 aromatic heterocycles. The fourth-order valence-corrected chi connectivity index (χ4v) is 2.78. The Morgan fingerprint density at radius 1 is 0.405 bits per heavy atom. The maximum atomic E-state index is 11.2. The molecule has 14 heteroatoms. The average molecular weight is 633 g/mol. The van der Waals surface area contributed by atoms with Gasteiger partial charge in [0, 0.05) is 11.5 Å². The molecule has 0 atom stereocenters. The van der Waals surface area contributed by atoms with Gasteiger partial charge in [0.2, 0.25) is 0 Å². The molecule has 0 radical (unpaired) electrons. The molecule has 0 aromatic carbocycles. The molecular formula is C28H53ClO13. The van der Waals surface area contributed by atoms with Gasteiger partial charge in [-0.2, -0.15) is 0 Å². The number of alkyl halides is 1. The largest absolute Gasteiger partial charge is 0.460 e. The molecule has 0 aliphatic rings. The lowest BCUT2D eigenvalue weighted by molar-refractivity contribution is -0.140. The number of halogens is 1. The van der Waals surface area contributed by atoms with E-state index in [4.69, 9.17) is 68.4 Å². The quantitative estimate of drug-likeness (QED) is 0.0429. The number of hydrogen-bond donors (Lipinski definition) is 0. The van der Waals surface area contributed by atoms with Crippen molar-refractivity contribution in [1.29, 1.82) is 0 Å². The van der Waals surface area contributed by atoms with Crippen LogP contribution < -0.4 is 0 Å². The highest BCUT2D eigenvalue weighted by molar-refractivity contribution is 6.17. The Balaban J connectivity index is 3.06. The first kappa shape index (κ1) is 41.1. The molecule has 42 heavy (non-hydrogen) atoms. The summed E-state index contributed by atoms with van der Waals surface area (Å²) in [4.78, 5) is 11.2. The van der Waals surface area contributed by atoms with Gasteiger partial charge in [-0.15, -0.1) is 11.6 Å². The lowest BCUT2D eigenvalue weighted by Gasteiger charge is -2.09. The molecule has 0 fully saturated rings. The fourth-order valence-electron chi connectivity index (χ4n) is 2.67. The highest BCUT2D eigenvalue weighted by Crippen LogP contribution is 1.92. The van der Waals surface area contributed by atoms with E-state index in [-0.39, 0.29) is 6.61 Å². The van der Waals surface area contributed by atoms with Crippen molar-refractivity contribution >= 4 is 17.6 Å². The molecule has 0 heterocycles. The maximum absolute atomic E-state index is 11.2. The van der Waals surface area contributed by atoms with E-state index in [2.05, 4.69) is 6.58 Å². The van der Waals surface area contributed by atoms with E-state index in [1.807, 2.05) is 0 Å². The van der Waals surface area contributed by atoms with E-state index >= 15 is 0 Å². The van der Waals surface area contributed by atoms with Gasteiger partial charge in [0.1, 0.15) is 6.61 Å². The molecule has 0 saturated carbocycles. The predicted molar refractivity (Wildman–Crippen MR) is 156 cm³/mol. The fraction of sp³-hybridized carbons (Fsp3) is 0.893. The Morgan fingerprint density at radius 3 is 0.786 bits per heavy atom. The van der Waals surface area contributed by atoms with Crippen LogP contribution in [0.5, 0.6) is 0 Å². The van der Waals surface area contributed by atoms with Gasteiger partial charge in [-0.05, 0) is 6.92 Å². The lowest BCUT2D eigenvalue weighted by Crippen LogP contribution is -2.15. The second-order valence-electron chi connectivity index (χ2n) is 8.34. The number of carbonyl (C=O) groups excluding carboxylic acids is 1. The topological polar surface area (TPSA) is 128 Å². The standard InChI is InChI=1S/C28H53ClO13/c1-27(2)28(30)42-26-25-41-24-23-40-22-21-39-20-19-38-18-17-37-16-15-36-14-13-35-12-11-34-10-9-33-8-7-32-6-5-31-4-3-29/h1,3-26H2,2H3. The Labute approximate surface area is 256 Å². The minimum Gasteiger partial charge on any atom is -0.460 e. The van der Waals surface area contributed by atoms with Gasteiger partial charge in [0.25, 0.3) is 0 Å². The summed E-state index contributed by atoms with van der Waals surface area (Å²) < 4.78 is 64.2. The Kier molecular flexibility index (Phi) is 35.4. The molecule has 0 aliphatic heterocycles. The van der Waals surface area contributed by atoms with Crippen LogP contribution >= 0.6 is 11.6 Å². The van der Waals surface area contributed by atoms with Crippen molar-refractivity contribution in [3.05, 3.63) is 12.2 Å². The molecule has 0 rings (SSSR count). The summed E-state index contributed by atoms with van der Waals surface area (Å²) in [5, 5.41) is 0. The van der Waals surface area contributed by atoms with Crippen LogP contribution in [0.25, 0.3) is 0 Å². The molecule has 0 spiro atoms. The molecule has 0 unspecified atom stereocenters. The van der Waals surface area contributed by atoms with Crippen molar-refractivity contribution in [2.75, 3.05) is 158 Å². The number of carbonyl (C=O) groups is 1. The van der Waals surface area contributed by atoms with E-state index in [0.717, 1.165) is 0 Å². The second-order valence-corrected chi connectivity index (χ2v) is 8.72. The number of esters is 1. The van der Waals surface area contributed by atoms with Crippen LogP contribution in [-0.4, -0.2) is 164 Å². The van der Waals surface area contributed by atoms with Crippen LogP contribution in [0.1, 0.15) is 6.92 Å². The van der Waals surface area contributed by atoms with Gasteiger partial charge in [-0.25, -0.2) is 4.79 Å². The smallest absolute Gasteiger partial charge is 0.333 e. The van der Waals surface area contributed by atoms with Crippen LogP contribution in [-0.2, 0) is 61.6 Å². The normalized spacial score (nSPS) is 11.3. The van der Waals surface area contributed by atoms with Crippen LogP contribution in [0.4, 0.5) is 0 Å². The van der Waals surface area contributed by atoms with E-state index in [9.17, 15) is 4.79 Å². The molecular weight excluding hydrogens is 580 g/mol. The van der Waals surface area contributed by atoms with Gasteiger partial charge in [0.15, 0.2) is 0 Å². The maximum Gasteiger partial charge on any atom is 0.333 e. The zero-order valence-corrected chi connectivity index (χ0v) is 26.1. The average Bonchev–Trinajstić information content (AvgIpc) is 2.99. The third-order valence-corrected chi connectivity index (χ3v) is 4.91. The summed E-state index contributed by atoms with van der Waals surface area (Å²) in [5.74, 6) is 0.0810.